The number of allylic oxidation sites excluding steroid dienone is 3. The molecule has 0 radical (unpaired) electrons. The van der Waals surface area contributed by atoms with E-state index in [-0.39, 0.29) is 5.41 Å². The summed E-state index contributed by atoms with van der Waals surface area (Å²) in [4.78, 5) is 11.7. The second-order valence-electron chi connectivity index (χ2n) is 4.52. The Labute approximate surface area is 79.5 Å². The summed E-state index contributed by atoms with van der Waals surface area (Å²) in [5.74, 6) is 1.37. The number of rotatable bonds is 1. The molecule has 3 atom stereocenters. The van der Waals surface area contributed by atoms with Gasteiger partial charge in [0.1, 0.15) is 0 Å². The van der Waals surface area contributed by atoms with Crippen molar-refractivity contribution in [3.8, 4) is 0 Å². The molecule has 0 aromatic rings. The third-order valence-corrected chi connectivity index (χ3v) is 3.73. The van der Waals surface area contributed by atoms with Gasteiger partial charge in [-0.2, -0.15) is 0 Å². The smallest absolute Gasteiger partial charge is 0.161 e. The van der Waals surface area contributed by atoms with Crippen molar-refractivity contribution in [2.24, 2.45) is 17.3 Å². The van der Waals surface area contributed by atoms with Crippen molar-refractivity contribution in [2.75, 3.05) is 0 Å². The zero-order valence-electron chi connectivity index (χ0n) is 8.12. The number of fused-ring (bicyclic) bond motifs is 1. The number of ketones is 1. The molecule has 0 unspecified atom stereocenters. The first-order chi connectivity index (χ1) is 6.16. The van der Waals surface area contributed by atoms with E-state index in [2.05, 4.69) is 19.6 Å². The zero-order chi connectivity index (χ0) is 9.47. The van der Waals surface area contributed by atoms with Gasteiger partial charge in [0.2, 0.25) is 0 Å². The van der Waals surface area contributed by atoms with Gasteiger partial charge in [-0.15, -0.1) is 6.58 Å². The minimum atomic E-state index is -0.100. The van der Waals surface area contributed by atoms with Gasteiger partial charge in [0, 0.05) is 5.41 Å². The SMILES string of the molecule is C=C[C@@H]1CC[C@@H]2C=CC(=O)[C@@]2(C)C1. The van der Waals surface area contributed by atoms with Crippen molar-refractivity contribution in [3.63, 3.8) is 0 Å². The molecule has 13 heavy (non-hydrogen) atoms. The Morgan fingerprint density at radius 3 is 3.08 bits per heavy atom. The highest BCUT2D eigenvalue weighted by molar-refractivity contribution is 5.97. The van der Waals surface area contributed by atoms with Crippen molar-refractivity contribution in [1.29, 1.82) is 0 Å². The number of carbonyl (C=O) groups is 1. The molecule has 0 N–H and O–H groups in total. The highest BCUT2D eigenvalue weighted by Crippen LogP contribution is 2.48. The molecule has 1 saturated carbocycles. The summed E-state index contributed by atoms with van der Waals surface area (Å²) in [7, 11) is 0. The van der Waals surface area contributed by atoms with Gasteiger partial charge in [0.05, 0.1) is 0 Å². The topological polar surface area (TPSA) is 17.1 Å². The minimum Gasteiger partial charge on any atom is -0.294 e. The Kier molecular flexibility index (Phi) is 1.90. The normalized spacial score (nSPS) is 43.3. The molecule has 0 aliphatic heterocycles. The van der Waals surface area contributed by atoms with Gasteiger partial charge in [-0.3, -0.25) is 4.79 Å². The quantitative estimate of drug-likeness (QED) is 0.561. The van der Waals surface area contributed by atoms with Crippen molar-refractivity contribution in [1.82, 2.24) is 0 Å². The summed E-state index contributed by atoms with van der Waals surface area (Å²) in [5.41, 5.74) is -0.100. The predicted molar refractivity (Wildman–Crippen MR) is 53.3 cm³/mol. The molecule has 1 heteroatoms. The molecule has 0 amide bonds. The van der Waals surface area contributed by atoms with Crippen LogP contribution in [-0.2, 0) is 4.79 Å². The monoisotopic (exact) mass is 176 g/mol. The second-order valence-corrected chi connectivity index (χ2v) is 4.52. The van der Waals surface area contributed by atoms with Crippen LogP contribution in [-0.4, -0.2) is 5.78 Å². The van der Waals surface area contributed by atoms with E-state index >= 15 is 0 Å². The van der Waals surface area contributed by atoms with Gasteiger partial charge in [0.15, 0.2) is 5.78 Å². The fraction of sp³-hybridized carbons (Fsp3) is 0.583. The van der Waals surface area contributed by atoms with E-state index in [0.717, 1.165) is 12.8 Å². The lowest BCUT2D eigenvalue weighted by Crippen LogP contribution is -2.35. The van der Waals surface area contributed by atoms with Crippen LogP contribution in [0.1, 0.15) is 26.2 Å². The molecule has 0 aromatic heterocycles. The van der Waals surface area contributed by atoms with Crippen LogP contribution >= 0.6 is 0 Å². The summed E-state index contributed by atoms with van der Waals surface area (Å²) >= 11 is 0. The van der Waals surface area contributed by atoms with Crippen molar-refractivity contribution in [3.05, 3.63) is 24.8 Å². The number of hydrogen-bond acceptors (Lipinski definition) is 1. The van der Waals surface area contributed by atoms with E-state index in [1.807, 2.05) is 6.08 Å². The average molecular weight is 176 g/mol. The summed E-state index contributed by atoms with van der Waals surface area (Å²) in [6.07, 6.45) is 9.22. The highest BCUT2D eigenvalue weighted by atomic mass is 16.1. The van der Waals surface area contributed by atoms with E-state index < -0.39 is 0 Å². The summed E-state index contributed by atoms with van der Waals surface area (Å²) in [6, 6.07) is 0. The van der Waals surface area contributed by atoms with E-state index in [1.165, 1.54) is 6.42 Å². The maximum Gasteiger partial charge on any atom is 0.161 e. The average Bonchev–Trinajstić information content (AvgIpc) is 2.42. The first kappa shape index (κ1) is 8.74. The Bertz CT molecular complexity index is 277. The van der Waals surface area contributed by atoms with Crippen LogP contribution in [0.4, 0.5) is 0 Å². The molecular weight excluding hydrogens is 160 g/mol. The van der Waals surface area contributed by atoms with Crippen LogP contribution in [0.2, 0.25) is 0 Å². The number of hydrogen-bond donors (Lipinski definition) is 0. The molecule has 2 aliphatic rings. The minimum absolute atomic E-state index is 0.100. The Balaban J connectivity index is 2.23. The fourth-order valence-corrected chi connectivity index (χ4v) is 2.70. The van der Waals surface area contributed by atoms with Gasteiger partial charge in [-0.1, -0.05) is 19.1 Å². The Morgan fingerprint density at radius 2 is 2.38 bits per heavy atom. The molecule has 0 bridgehead atoms. The lowest BCUT2D eigenvalue weighted by atomic mass is 9.65. The molecule has 0 heterocycles. The van der Waals surface area contributed by atoms with Crippen molar-refractivity contribution < 1.29 is 4.79 Å². The van der Waals surface area contributed by atoms with Crippen LogP contribution in [0.5, 0.6) is 0 Å². The van der Waals surface area contributed by atoms with Gasteiger partial charge in [-0.05, 0) is 37.2 Å². The van der Waals surface area contributed by atoms with Crippen LogP contribution in [0, 0.1) is 17.3 Å². The van der Waals surface area contributed by atoms with Crippen LogP contribution in [0.3, 0.4) is 0 Å². The first-order valence-electron chi connectivity index (χ1n) is 5.02. The van der Waals surface area contributed by atoms with Gasteiger partial charge in [-0.25, -0.2) is 0 Å². The van der Waals surface area contributed by atoms with Gasteiger partial charge in [0.25, 0.3) is 0 Å². The molecule has 0 aromatic carbocycles. The van der Waals surface area contributed by atoms with Gasteiger partial charge < -0.3 is 0 Å². The second kappa shape index (κ2) is 2.83. The molecule has 70 valence electrons. The van der Waals surface area contributed by atoms with E-state index in [9.17, 15) is 4.79 Å². The maximum absolute atomic E-state index is 11.7. The van der Waals surface area contributed by atoms with Crippen molar-refractivity contribution >= 4 is 5.78 Å². The highest BCUT2D eigenvalue weighted by Gasteiger charge is 2.45. The summed E-state index contributed by atoms with van der Waals surface area (Å²) < 4.78 is 0. The van der Waals surface area contributed by atoms with E-state index in [1.54, 1.807) is 6.08 Å². The maximum atomic E-state index is 11.7. The lowest BCUT2D eigenvalue weighted by Gasteiger charge is -2.38. The van der Waals surface area contributed by atoms with Gasteiger partial charge >= 0.3 is 0 Å². The third kappa shape index (κ3) is 1.18. The first-order valence-corrected chi connectivity index (χ1v) is 5.02. The third-order valence-electron chi connectivity index (χ3n) is 3.73. The van der Waals surface area contributed by atoms with Crippen LogP contribution < -0.4 is 0 Å². The Morgan fingerprint density at radius 1 is 1.62 bits per heavy atom. The fourth-order valence-electron chi connectivity index (χ4n) is 2.70. The molecule has 2 aliphatic carbocycles. The zero-order valence-corrected chi connectivity index (χ0v) is 8.12. The van der Waals surface area contributed by atoms with Crippen LogP contribution in [0.15, 0.2) is 24.8 Å². The molecule has 0 saturated heterocycles. The largest absolute Gasteiger partial charge is 0.294 e. The molecule has 1 nitrogen and oxygen atoms in total. The van der Waals surface area contributed by atoms with E-state index in [0.29, 0.717) is 17.6 Å². The Hall–Kier alpha value is -0.850. The predicted octanol–water partition coefficient (Wildman–Crippen LogP) is 2.73. The number of carbonyl (C=O) groups excluding carboxylic acids is 1. The summed E-state index contributed by atoms with van der Waals surface area (Å²) in [6.45, 7) is 5.93. The molecule has 2 rings (SSSR count). The lowest BCUT2D eigenvalue weighted by molar-refractivity contribution is -0.125. The van der Waals surface area contributed by atoms with Crippen molar-refractivity contribution in [2.45, 2.75) is 26.2 Å². The van der Waals surface area contributed by atoms with Crippen LogP contribution in [0.25, 0.3) is 0 Å². The standard InChI is InChI=1S/C12H16O/c1-3-9-4-5-10-6-7-11(13)12(10,2)8-9/h3,6-7,9-10H,1,4-5,8H2,2H3/t9-,10-,12+/m1/s1. The summed E-state index contributed by atoms with van der Waals surface area (Å²) in [5, 5.41) is 0. The molecule has 0 spiro atoms. The van der Waals surface area contributed by atoms with E-state index in [4.69, 9.17) is 0 Å². The molecule has 1 fully saturated rings. The molecular formula is C12H16O.